The molecule has 1 amide bonds. The smallest absolute Gasteiger partial charge is 0.244 e. The maximum atomic E-state index is 12.7. The third-order valence-corrected chi connectivity index (χ3v) is 3.18. The minimum Gasteiger partial charge on any atom is -0.345 e. The van der Waals surface area contributed by atoms with Gasteiger partial charge in [0.1, 0.15) is 5.82 Å². The van der Waals surface area contributed by atoms with Crippen LogP contribution in [0.15, 0.2) is 30.3 Å². The van der Waals surface area contributed by atoms with Crippen molar-refractivity contribution in [2.75, 3.05) is 0 Å². The van der Waals surface area contributed by atoms with Crippen LogP contribution in [-0.2, 0) is 17.9 Å². The first-order chi connectivity index (χ1) is 10.1. The van der Waals surface area contributed by atoms with Crippen LogP contribution in [0.5, 0.6) is 0 Å². The molecule has 0 saturated heterocycles. The predicted octanol–water partition coefficient (Wildman–Crippen LogP) is 2.43. The van der Waals surface area contributed by atoms with Crippen molar-refractivity contribution in [3.8, 4) is 0 Å². The molecule has 2 N–H and O–H groups in total. The average molecular weight is 306 g/mol. The Morgan fingerprint density at radius 2 is 2.19 bits per heavy atom. The number of hydrogen-bond acceptors (Lipinski definition) is 3. The highest BCUT2D eigenvalue weighted by Crippen LogP contribution is 2.04. The lowest BCUT2D eigenvalue weighted by atomic mass is 10.2. The van der Waals surface area contributed by atoms with Crippen molar-refractivity contribution in [2.24, 2.45) is 0 Å². The second-order valence-electron chi connectivity index (χ2n) is 4.29. The zero-order chi connectivity index (χ0) is 15.2. The van der Waals surface area contributed by atoms with Gasteiger partial charge in [-0.2, -0.15) is 5.10 Å². The fourth-order valence-corrected chi connectivity index (χ4v) is 2.06. The maximum absolute atomic E-state index is 12.7. The van der Waals surface area contributed by atoms with E-state index in [1.807, 2.05) is 6.92 Å². The molecule has 1 aromatic heterocycles. The molecule has 0 aliphatic carbocycles. The standard InChI is InChI=1S/C14H15FN4OS/c1-2-19-12(17-18-14(19)21)9-16-13(20)8-5-10-3-6-11(15)7-4-10/h3-8H,2,9H2,1H3,(H,16,20)(H,18,21)/b8-5-. The van der Waals surface area contributed by atoms with Crippen LogP contribution in [0, 0.1) is 10.6 Å². The van der Waals surface area contributed by atoms with Crippen molar-refractivity contribution < 1.29 is 9.18 Å². The fourth-order valence-electron chi connectivity index (χ4n) is 1.78. The van der Waals surface area contributed by atoms with Gasteiger partial charge >= 0.3 is 0 Å². The van der Waals surface area contributed by atoms with E-state index in [0.717, 1.165) is 5.56 Å². The van der Waals surface area contributed by atoms with Crippen LogP contribution in [0.2, 0.25) is 0 Å². The third kappa shape index (κ3) is 4.09. The van der Waals surface area contributed by atoms with E-state index in [1.54, 1.807) is 22.8 Å². The van der Waals surface area contributed by atoms with Crippen molar-refractivity contribution in [3.63, 3.8) is 0 Å². The number of aromatic nitrogens is 3. The van der Waals surface area contributed by atoms with Crippen molar-refractivity contribution in [1.82, 2.24) is 20.1 Å². The van der Waals surface area contributed by atoms with E-state index in [0.29, 0.717) is 17.1 Å². The second-order valence-corrected chi connectivity index (χ2v) is 4.68. The fraction of sp³-hybridized carbons (Fsp3) is 0.214. The van der Waals surface area contributed by atoms with Crippen LogP contribution in [0.1, 0.15) is 18.3 Å². The number of benzene rings is 1. The Balaban J connectivity index is 1.93. The van der Waals surface area contributed by atoms with Crippen LogP contribution < -0.4 is 5.32 Å². The highest BCUT2D eigenvalue weighted by atomic mass is 32.1. The molecule has 5 nitrogen and oxygen atoms in total. The monoisotopic (exact) mass is 306 g/mol. The minimum absolute atomic E-state index is 0.254. The van der Waals surface area contributed by atoms with Gasteiger partial charge in [0.05, 0.1) is 6.54 Å². The Morgan fingerprint density at radius 1 is 1.48 bits per heavy atom. The summed E-state index contributed by atoms with van der Waals surface area (Å²) in [5.41, 5.74) is 0.753. The molecule has 110 valence electrons. The number of carbonyl (C=O) groups excluding carboxylic acids is 1. The largest absolute Gasteiger partial charge is 0.345 e. The van der Waals surface area contributed by atoms with Crippen molar-refractivity contribution in [3.05, 3.63) is 52.3 Å². The van der Waals surface area contributed by atoms with Crippen LogP contribution >= 0.6 is 12.2 Å². The summed E-state index contributed by atoms with van der Waals surface area (Å²) in [4.78, 5) is 11.7. The summed E-state index contributed by atoms with van der Waals surface area (Å²) in [6, 6.07) is 5.88. The van der Waals surface area contributed by atoms with E-state index in [9.17, 15) is 9.18 Å². The van der Waals surface area contributed by atoms with E-state index in [1.165, 1.54) is 18.2 Å². The highest BCUT2D eigenvalue weighted by molar-refractivity contribution is 7.71. The summed E-state index contributed by atoms with van der Waals surface area (Å²) in [5.74, 6) is 0.112. The highest BCUT2D eigenvalue weighted by Gasteiger charge is 2.05. The first-order valence-electron chi connectivity index (χ1n) is 6.45. The normalized spacial score (nSPS) is 11.0. The third-order valence-electron chi connectivity index (χ3n) is 2.87. The van der Waals surface area contributed by atoms with Gasteiger partial charge in [-0.3, -0.25) is 9.89 Å². The summed E-state index contributed by atoms with van der Waals surface area (Å²) in [6.45, 7) is 2.92. The molecule has 21 heavy (non-hydrogen) atoms. The predicted molar refractivity (Wildman–Crippen MR) is 80.4 cm³/mol. The molecule has 7 heteroatoms. The Kier molecular flexibility index (Phi) is 4.99. The lowest BCUT2D eigenvalue weighted by molar-refractivity contribution is -0.116. The molecule has 0 saturated carbocycles. The lowest BCUT2D eigenvalue weighted by Gasteiger charge is -2.03. The van der Waals surface area contributed by atoms with Crippen molar-refractivity contribution >= 4 is 24.2 Å². The number of nitrogens with one attached hydrogen (secondary N) is 2. The zero-order valence-corrected chi connectivity index (χ0v) is 12.3. The Morgan fingerprint density at radius 3 is 2.86 bits per heavy atom. The molecule has 0 spiro atoms. The van der Waals surface area contributed by atoms with Gasteiger partial charge in [0.15, 0.2) is 10.6 Å². The Labute approximate surface area is 126 Å². The number of hydrogen-bond donors (Lipinski definition) is 2. The number of rotatable bonds is 5. The molecule has 0 radical (unpaired) electrons. The summed E-state index contributed by atoms with van der Waals surface area (Å²) in [5, 5.41) is 9.46. The van der Waals surface area contributed by atoms with Crippen molar-refractivity contribution in [2.45, 2.75) is 20.0 Å². The number of nitrogens with zero attached hydrogens (tertiary/aromatic N) is 2. The first kappa shape index (κ1) is 15.1. The average Bonchev–Trinajstić information content (AvgIpc) is 2.84. The van der Waals surface area contributed by atoms with Gasteiger partial charge in [0.2, 0.25) is 5.91 Å². The molecule has 0 atom stereocenters. The summed E-state index contributed by atoms with van der Waals surface area (Å²) in [7, 11) is 0. The number of carbonyl (C=O) groups is 1. The first-order valence-corrected chi connectivity index (χ1v) is 6.86. The Hall–Kier alpha value is -2.28. The molecule has 2 rings (SSSR count). The van der Waals surface area contributed by atoms with E-state index in [2.05, 4.69) is 15.5 Å². The molecular formula is C14H15FN4OS. The van der Waals surface area contributed by atoms with Gasteiger partial charge in [-0.1, -0.05) is 12.1 Å². The Bertz CT molecular complexity index is 703. The second kappa shape index (κ2) is 6.94. The molecule has 0 aliphatic rings. The number of halogens is 1. The SMILES string of the molecule is CCn1c(CNC(=O)/C=C\c2ccc(F)cc2)n[nH]c1=S. The quantitative estimate of drug-likeness (QED) is 0.659. The summed E-state index contributed by atoms with van der Waals surface area (Å²) >= 11 is 5.07. The van der Waals surface area contributed by atoms with E-state index >= 15 is 0 Å². The number of amides is 1. The summed E-state index contributed by atoms with van der Waals surface area (Å²) < 4.78 is 15.1. The molecule has 0 fully saturated rings. The van der Waals surface area contributed by atoms with Crippen LogP contribution in [0.25, 0.3) is 6.08 Å². The van der Waals surface area contributed by atoms with Gasteiger partial charge in [0.25, 0.3) is 0 Å². The minimum atomic E-state index is -0.307. The van der Waals surface area contributed by atoms with Gasteiger partial charge in [-0.15, -0.1) is 0 Å². The van der Waals surface area contributed by atoms with Crippen LogP contribution in [-0.4, -0.2) is 20.7 Å². The van der Waals surface area contributed by atoms with E-state index in [-0.39, 0.29) is 18.3 Å². The van der Waals surface area contributed by atoms with Gasteiger partial charge in [-0.05, 0) is 42.9 Å². The van der Waals surface area contributed by atoms with E-state index in [4.69, 9.17) is 12.2 Å². The maximum Gasteiger partial charge on any atom is 0.244 e. The van der Waals surface area contributed by atoms with E-state index < -0.39 is 0 Å². The zero-order valence-electron chi connectivity index (χ0n) is 11.5. The molecular weight excluding hydrogens is 291 g/mol. The molecule has 0 aliphatic heterocycles. The number of aromatic amines is 1. The van der Waals surface area contributed by atoms with Crippen LogP contribution in [0.4, 0.5) is 4.39 Å². The molecule has 0 unspecified atom stereocenters. The van der Waals surface area contributed by atoms with Crippen molar-refractivity contribution in [1.29, 1.82) is 0 Å². The molecule has 1 aromatic carbocycles. The lowest BCUT2D eigenvalue weighted by Crippen LogP contribution is -2.22. The van der Waals surface area contributed by atoms with Gasteiger partial charge in [0, 0.05) is 12.6 Å². The van der Waals surface area contributed by atoms with Gasteiger partial charge < -0.3 is 9.88 Å². The number of H-pyrrole nitrogens is 1. The van der Waals surface area contributed by atoms with Crippen LogP contribution in [0.3, 0.4) is 0 Å². The topological polar surface area (TPSA) is 62.7 Å². The molecule has 2 aromatic rings. The molecule has 1 heterocycles. The van der Waals surface area contributed by atoms with Gasteiger partial charge in [-0.25, -0.2) is 4.39 Å². The summed E-state index contributed by atoms with van der Waals surface area (Å²) in [6.07, 6.45) is 3.01. The molecule has 0 bridgehead atoms.